The number of carboxylic acid groups (broad SMARTS) is 2. The maximum atomic E-state index is 11.1. The zero-order valence-electron chi connectivity index (χ0n) is 25.5. The van der Waals surface area contributed by atoms with Gasteiger partial charge < -0.3 is 20.2 Å². The van der Waals surface area contributed by atoms with Gasteiger partial charge in [-0.05, 0) is 99.7 Å². The Hall–Kier alpha value is -4.40. The van der Waals surface area contributed by atoms with Crippen molar-refractivity contribution in [1.82, 2.24) is 4.90 Å². The van der Waals surface area contributed by atoms with E-state index in [9.17, 15) is 19.5 Å². The molecule has 2 aliphatic rings. The number of likely N-dealkylation sites (tertiary alicyclic amines) is 1. The Morgan fingerprint density at radius 3 is 1.82 bits per heavy atom. The summed E-state index contributed by atoms with van der Waals surface area (Å²) in [6.45, 7) is 7.89. The van der Waals surface area contributed by atoms with E-state index in [1.54, 1.807) is 23.8 Å². The number of piperidine rings is 1. The highest BCUT2D eigenvalue weighted by Crippen LogP contribution is 2.47. The number of carboxylic acids is 2. The maximum Gasteiger partial charge on any atom is 0.328 e. The Bertz CT molecular complexity index is 1530. The lowest BCUT2D eigenvalue weighted by molar-refractivity contribution is -0.134. The number of carbonyl (C=O) groups excluding carboxylic acids is 1. The number of hydrogen-bond acceptors (Lipinski definition) is 6. The average Bonchev–Trinajstić information content (AvgIpc) is 2.99. The molecular weight excluding hydrogens is 574 g/mol. The third-order valence-electron chi connectivity index (χ3n) is 7.06. The second-order valence-electron chi connectivity index (χ2n) is 10.8. The van der Waals surface area contributed by atoms with E-state index in [0.717, 1.165) is 5.56 Å². The molecule has 5 rings (SSSR count). The number of allylic oxidation sites excluding steroid dienone is 2. The van der Waals surface area contributed by atoms with Crippen molar-refractivity contribution in [2.45, 2.75) is 49.8 Å². The summed E-state index contributed by atoms with van der Waals surface area (Å²) in [6, 6.07) is 22.7. The lowest BCUT2D eigenvalue weighted by Gasteiger charge is -2.30. The van der Waals surface area contributed by atoms with Crippen LogP contribution in [0.4, 0.5) is 0 Å². The van der Waals surface area contributed by atoms with Crippen LogP contribution in [0.2, 0.25) is 0 Å². The predicted octanol–water partition coefficient (Wildman–Crippen LogP) is 7.49. The molecule has 1 fully saturated rings. The van der Waals surface area contributed by atoms with Crippen LogP contribution in [0.15, 0.2) is 106 Å². The van der Waals surface area contributed by atoms with E-state index in [1.165, 1.54) is 64.9 Å². The number of carbonyl (C=O) groups is 3. The van der Waals surface area contributed by atoms with Gasteiger partial charge in [-0.2, -0.15) is 0 Å². The predicted molar refractivity (Wildman–Crippen MR) is 175 cm³/mol. The van der Waals surface area contributed by atoms with Crippen LogP contribution >= 0.6 is 11.8 Å². The van der Waals surface area contributed by atoms with Crippen LogP contribution in [0.1, 0.15) is 60.7 Å². The normalized spacial score (nSPS) is 13.8. The lowest BCUT2D eigenvalue weighted by atomic mass is 9.88. The number of benzene rings is 3. The van der Waals surface area contributed by atoms with Crippen LogP contribution in [0.3, 0.4) is 0 Å². The van der Waals surface area contributed by atoms with Crippen molar-refractivity contribution >= 4 is 35.1 Å². The molecule has 2 aliphatic heterocycles. The highest BCUT2D eigenvalue weighted by Gasteiger charge is 2.24. The van der Waals surface area contributed by atoms with E-state index < -0.39 is 11.9 Å². The zero-order chi connectivity index (χ0) is 32.2. The van der Waals surface area contributed by atoms with Gasteiger partial charge in [-0.3, -0.25) is 4.79 Å². The third kappa shape index (κ3) is 10.1. The van der Waals surface area contributed by atoms with Crippen molar-refractivity contribution in [3.63, 3.8) is 0 Å². The summed E-state index contributed by atoms with van der Waals surface area (Å²) < 4.78 is 0. The minimum absolute atomic E-state index is 0.0217. The van der Waals surface area contributed by atoms with Crippen LogP contribution < -0.4 is 0 Å². The topological polar surface area (TPSA) is 115 Å². The van der Waals surface area contributed by atoms with E-state index in [4.69, 9.17) is 10.2 Å². The van der Waals surface area contributed by atoms with Crippen LogP contribution in [0.5, 0.6) is 5.75 Å². The van der Waals surface area contributed by atoms with Crippen LogP contribution in [0.25, 0.3) is 5.57 Å². The minimum atomic E-state index is -1.26. The van der Waals surface area contributed by atoms with Crippen LogP contribution in [-0.4, -0.2) is 58.1 Å². The molecule has 8 heteroatoms. The molecule has 0 aliphatic carbocycles. The highest BCUT2D eigenvalue weighted by atomic mass is 32.2. The number of aromatic hydroxyl groups is 1. The molecule has 44 heavy (non-hydrogen) atoms. The zero-order valence-corrected chi connectivity index (χ0v) is 26.4. The van der Waals surface area contributed by atoms with Gasteiger partial charge >= 0.3 is 11.9 Å². The Labute approximate surface area is 263 Å². The molecule has 7 nitrogen and oxygen atoms in total. The minimum Gasteiger partial charge on any atom is -0.508 e. The number of nitrogens with zero attached hydrogens (tertiary/aromatic N) is 1. The number of phenols is 1. The molecule has 1 saturated heterocycles. The standard InChI is InChI=1S/C19H19NS.C13H16O2.C4H4O4/c1-20-12-10-14(11-13-20)19-15-6-2-4-8-17(15)21-18-9-5-3-7-16(18)19;1-9(2)4-5-12-8-11(10(3)14)6-7-13(12)15;5-3(6)1-2-4(7)8/h2-9H,10-13H2,1H3;4,6-8,15H,5H2,1-3H3;1-2H,(H,5,6)(H,7,8). The largest absolute Gasteiger partial charge is 0.508 e. The molecule has 3 aromatic carbocycles. The Balaban J connectivity index is 0.000000202. The van der Waals surface area contributed by atoms with Crippen molar-refractivity contribution in [2.75, 3.05) is 20.1 Å². The summed E-state index contributed by atoms with van der Waals surface area (Å²) in [7, 11) is 2.22. The molecule has 230 valence electrons. The number of ketones is 1. The van der Waals surface area contributed by atoms with Crippen LogP contribution in [0, 0.1) is 0 Å². The lowest BCUT2D eigenvalue weighted by Crippen LogP contribution is -2.27. The smallest absolute Gasteiger partial charge is 0.328 e. The Kier molecular flexibility index (Phi) is 12.7. The molecule has 0 radical (unpaired) electrons. The van der Waals surface area contributed by atoms with E-state index in [0.29, 0.717) is 24.1 Å². The summed E-state index contributed by atoms with van der Waals surface area (Å²) >= 11 is 1.91. The molecule has 0 atom stereocenters. The monoisotopic (exact) mass is 613 g/mol. The van der Waals surface area contributed by atoms with Gasteiger partial charge in [0.15, 0.2) is 5.78 Å². The number of fused-ring (bicyclic) bond motifs is 2. The molecule has 0 unspecified atom stereocenters. The maximum absolute atomic E-state index is 11.1. The SMILES string of the molecule is CC(=O)c1ccc(O)c(CC=C(C)C)c1.CN1CCC(=C2c3ccccc3Sc3ccccc32)CC1.O=C(O)C=CC(=O)O. The van der Waals surface area contributed by atoms with E-state index in [1.807, 2.05) is 31.7 Å². The molecule has 3 N–H and O–H groups in total. The average molecular weight is 614 g/mol. The number of Topliss-reactive ketones (excluding diaryl/α,β-unsaturated/α-hetero) is 1. The third-order valence-corrected chi connectivity index (χ3v) is 8.21. The second-order valence-corrected chi connectivity index (χ2v) is 11.9. The van der Waals surface area contributed by atoms with Gasteiger partial charge in [0.25, 0.3) is 0 Å². The van der Waals surface area contributed by atoms with E-state index in [-0.39, 0.29) is 11.5 Å². The number of aliphatic carboxylic acids is 2. The van der Waals surface area contributed by atoms with Gasteiger partial charge in [0.2, 0.25) is 0 Å². The van der Waals surface area contributed by atoms with Gasteiger partial charge in [-0.1, -0.05) is 65.4 Å². The van der Waals surface area contributed by atoms with Gasteiger partial charge in [-0.25, -0.2) is 9.59 Å². The number of hydrogen-bond donors (Lipinski definition) is 3. The molecule has 0 bridgehead atoms. The molecule has 0 spiro atoms. The molecule has 2 heterocycles. The second kappa shape index (κ2) is 16.4. The van der Waals surface area contributed by atoms with Gasteiger partial charge in [0.1, 0.15) is 5.75 Å². The highest BCUT2D eigenvalue weighted by molar-refractivity contribution is 7.99. The van der Waals surface area contributed by atoms with Crippen molar-refractivity contribution in [1.29, 1.82) is 0 Å². The first-order chi connectivity index (χ1) is 21.0. The molecule has 0 aromatic heterocycles. The molecule has 0 amide bonds. The van der Waals surface area contributed by atoms with Gasteiger partial charge in [0, 0.05) is 40.6 Å². The summed E-state index contributed by atoms with van der Waals surface area (Å²) in [5.74, 6) is -2.24. The first kappa shape index (κ1) is 34.1. The molecule has 3 aromatic rings. The van der Waals surface area contributed by atoms with Crippen molar-refractivity contribution < 1.29 is 29.7 Å². The number of phenolic OH excluding ortho intramolecular Hbond substituents is 1. The fourth-order valence-corrected chi connectivity index (χ4v) is 5.82. The molecule has 0 saturated carbocycles. The van der Waals surface area contributed by atoms with Crippen molar-refractivity contribution in [3.8, 4) is 5.75 Å². The van der Waals surface area contributed by atoms with E-state index >= 15 is 0 Å². The Morgan fingerprint density at radius 2 is 1.34 bits per heavy atom. The first-order valence-electron chi connectivity index (χ1n) is 14.3. The van der Waals surface area contributed by atoms with Crippen molar-refractivity contribution in [2.24, 2.45) is 0 Å². The first-order valence-corrected chi connectivity index (χ1v) is 15.1. The fraction of sp³-hybridized carbons (Fsp3) is 0.250. The number of rotatable bonds is 5. The van der Waals surface area contributed by atoms with Gasteiger partial charge in [-0.15, -0.1) is 0 Å². The summed E-state index contributed by atoms with van der Waals surface area (Å²) in [5, 5.41) is 25.2. The summed E-state index contributed by atoms with van der Waals surface area (Å²) in [5.41, 5.74) is 8.64. The summed E-state index contributed by atoms with van der Waals surface area (Å²) in [4.78, 5) is 35.5. The van der Waals surface area contributed by atoms with Gasteiger partial charge in [0.05, 0.1) is 0 Å². The fourth-order valence-electron chi connectivity index (χ4n) is 4.73. The quantitative estimate of drug-likeness (QED) is 0.120. The van der Waals surface area contributed by atoms with Crippen molar-refractivity contribution in [3.05, 3.63) is 118 Å². The molecular formula is C36H39NO6S. The van der Waals surface area contributed by atoms with E-state index in [2.05, 4.69) is 60.5 Å². The Morgan fingerprint density at radius 1 is 0.818 bits per heavy atom. The summed E-state index contributed by atoms with van der Waals surface area (Å²) in [6.07, 6.45) is 6.19. The van der Waals surface area contributed by atoms with Crippen LogP contribution in [-0.2, 0) is 16.0 Å².